The van der Waals surface area contributed by atoms with Crippen molar-refractivity contribution in [2.45, 2.75) is 25.3 Å². The van der Waals surface area contributed by atoms with E-state index < -0.39 is 5.97 Å². The average Bonchev–Trinajstić information content (AvgIpc) is 3.06. The fraction of sp³-hybridized carbons (Fsp3) is 0.429. The summed E-state index contributed by atoms with van der Waals surface area (Å²) >= 11 is 0. The van der Waals surface area contributed by atoms with Crippen LogP contribution < -0.4 is 10.2 Å². The minimum atomic E-state index is -0.926. The second kappa shape index (κ2) is 4.66. The van der Waals surface area contributed by atoms with E-state index in [0.717, 1.165) is 37.1 Å². The highest BCUT2D eigenvalue weighted by atomic mass is 16.4. The van der Waals surface area contributed by atoms with E-state index in [2.05, 4.69) is 5.32 Å². The van der Waals surface area contributed by atoms with Gasteiger partial charge in [0.2, 0.25) is 5.91 Å². The Morgan fingerprint density at radius 1 is 1.37 bits per heavy atom. The summed E-state index contributed by atoms with van der Waals surface area (Å²) in [6, 6.07) is 4.91. The second-order valence-corrected chi connectivity index (χ2v) is 5.04. The molecule has 2 N–H and O–H groups in total. The van der Waals surface area contributed by atoms with E-state index in [1.807, 2.05) is 0 Å². The summed E-state index contributed by atoms with van der Waals surface area (Å²) in [5, 5.41) is 12.2. The monoisotopic (exact) mass is 260 g/mol. The molecule has 2 aliphatic heterocycles. The molecule has 5 heteroatoms. The summed E-state index contributed by atoms with van der Waals surface area (Å²) < 4.78 is 0. The molecule has 2 heterocycles. The standard InChI is InChI=1S/C14H16N2O3/c17-13(11-2-1-6-15-11)16-7-5-9-8-10(14(18)19)3-4-12(9)16/h3-4,8,11,15H,1-2,5-7H2,(H,18,19)/t11-/m0/s1. The quantitative estimate of drug-likeness (QED) is 0.833. The summed E-state index contributed by atoms with van der Waals surface area (Å²) in [6.07, 6.45) is 2.65. The number of carboxylic acids is 1. The average molecular weight is 260 g/mol. The first-order chi connectivity index (χ1) is 9.16. The molecular formula is C14H16N2O3. The lowest BCUT2D eigenvalue weighted by Gasteiger charge is -2.21. The van der Waals surface area contributed by atoms with Gasteiger partial charge in [0.15, 0.2) is 0 Å². The zero-order valence-corrected chi connectivity index (χ0v) is 10.6. The lowest BCUT2D eigenvalue weighted by molar-refractivity contribution is -0.120. The van der Waals surface area contributed by atoms with Gasteiger partial charge in [-0.15, -0.1) is 0 Å². The number of carbonyl (C=O) groups excluding carboxylic acids is 1. The molecule has 1 aromatic carbocycles. The van der Waals surface area contributed by atoms with Gasteiger partial charge in [-0.1, -0.05) is 0 Å². The molecule has 19 heavy (non-hydrogen) atoms. The normalized spacial score (nSPS) is 21.5. The zero-order chi connectivity index (χ0) is 13.4. The van der Waals surface area contributed by atoms with Gasteiger partial charge >= 0.3 is 5.97 Å². The van der Waals surface area contributed by atoms with Crippen LogP contribution >= 0.6 is 0 Å². The summed E-state index contributed by atoms with van der Waals surface area (Å²) in [7, 11) is 0. The first-order valence-electron chi connectivity index (χ1n) is 6.58. The molecule has 2 aliphatic rings. The molecule has 0 radical (unpaired) electrons. The maximum atomic E-state index is 12.4. The lowest BCUT2D eigenvalue weighted by atomic mass is 10.1. The molecule has 0 saturated carbocycles. The fourth-order valence-corrected chi connectivity index (χ4v) is 2.85. The number of hydrogen-bond donors (Lipinski definition) is 2. The zero-order valence-electron chi connectivity index (χ0n) is 10.6. The Bertz CT molecular complexity index is 535. The molecule has 5 nitrogen and oxygen atoms in total. The number of anilines is 1. The van der Waals surface area contributed by atoms with E-state index in [4.69, 9.17) is 5.11 Å². The molecule has 1 fully saturated rings. The van der Waals surface area contributed by atoms with E-state index in [9.17, 15) is 9.59 Å². The molecule has 0 unspecified atom stereocenters. The minimum Gasteiger partial charge on any atom is -0.478 e. The van der Waals surface area contributed by atoms with Crippen molar-refractivity contribution in [3.63, 3.8) is 0 Å². The Hall–Kier alpha value is -1.88. The molecule has 0 aromatic heterocycles. The first-order valence-corrected chi connectivity index (χ1v) is 6.58. The van der Waals surface area contributed by atoms with E-state index in [-0.39, 0.29) is 17.5 Å². The van der Waals surface area contributed by atoms with Crippen LogP contribution in [0.25, 0.3) is 0 Å². The van der Waals surface area contributed by atoms with Gasteiger partial charge in [0, 0.05) is 12.2 Å². The van der Waals surface area contributed by atoms with Crippen molar-refractivity contribution in [3.8, 4) is 0 Å². The Labute approximate surface area is 111 Å². The number of fused-ring (bicyclic) bond motifs is 1. The number of carboxylic acid groups (broad SMARTS) is 1. The van der Waals surface area contributed by atoms with Crippen molar-refractivity contribution in [2.24, 2.45) is 0 Å². The van der Waals surface area contributed by atoms with Crippen molar-refractivity contribution in [1.82, 2.24) is 5.32 Å². The highest BCUT2D eigenvalue weighted by Gasteiger charge is 2.31. The van der Waals surface area contributed by atoms with Crippen LogP contribution in [0.4, 0.5) is 5.69 Å². The van der Waals surface area contributed by atoms with Crippen LogP contribution in [0.15, 0.2) is 18.2 Å². The van der Waals surface area contributed by atoms with Crippen LogP contribution in [0.5, 0.6) is 0 Å². The molecule has 0 aliphatic carbocycles. The van der Waals surface area contributed by atoms with Gasteiger partial charge < -0.3 is 15.3 Å². The van der Waals surface area contributed by atoms with E-state index >= 15 is 0 Å². The van der Waals surface area contributed by atoms with Crippen LogP contribution in [0.3, 0.4) is 0 Å². The molecule has 0 bridgehead atoms. The van der Waals surface area contributed by atoms with Crippen molar-refractivity contribution >= 4 is 17.6 Å². The number of amides is 1. The second-order valence-electron chi connectivity index (χ2n) is 5.04. The molecule has 3 rings (SSSR count). The Morgan fingerprint density at radius 3 is 2.89 bits per heavy atom. The number of benzene rings is 1. The van der Waals surface area contributed by atoms with Crippen molar-refractivity contribution in [2.75, 3.05) is 18.0 Å². The molecule has 1 atom stereocenters. The topological polar surface area (TPSA) is 69.6 Å². The van der Waals surface area contributed by atoms with Gasteiger partial charge in [-0.2, -0.15) is 0 Å². The number of carbonyl (C=O) groups is 2. The van der Waals surface area contributed by atoms with Crippen LogP contribution in [-0.4, -0.2) is 36.1 Å². The van der Waals surface area contributed by atoms with Gasteiger partial charge in [0.25, 0.3) is 0 Å². The Balaban J connectivity index is 1.85. The predicted molar refractivity (Wildman–Crippen MR) is 70.5 cm³/mol. The van der Waals surface area contributed by atoms with Gasteiger partial charge in [0.05, 0.1) is 11.6 Å². The molecule has 1 saturated heterocycles. The summed E-state index contributed by atoms with van der Waals surface area (Å²) in [5.74, 6) is -0.815. The lowest BCUT2D eigenvalue weighted by Crippen LogP contribution is -2.42. The maximum absolute atomic E-state index is 12.4. The highest BCUT2D eigenvalue weighted by molar-refractivity contribution is 6.00. The molecular weight excluding hydrogens is 244 g/mol. The number of hydrogen-bond acceptors (Lipinski definition) is 3. The van der Waals surface area contributed by atoms with Crippen molar-refractivity contribution < 1.29 is 14.7 Å². The smallest absolute Gasteiger partial charge is 0.335 e. The summed E-state index contributed by atoms with van der Waals surface area (Å²) in [4.78, 5) is 25.1. The number of nitrogens with one attached hydrogen (secondary N) is 1. The SMILES string of the molecule is O=C(O)c1ccc2c(c1)CCN2C(=O)[C@@H]1CCCN1. The van der Waals surface area contributed by atoms with E-state index in [1.165, 1.54) is 0 Å². The third-order valence-electron chi connectivity index (χ3n) is 3.85. The maximum Gasteiger partial charge on any atom is 0.335 e. The number of rotatable bonds is 2. The summed E-state index contributed by atoms with van der Waals surface area (Å²) in [5.41, 5.74) is 2.10. The van der Waals surface area contributed by atoms with Crippen LogP contribution in [0, 0.1) is 0 Å². The van der Waals surface area contributed by atoms with Gasteiger partial charge in [-0.05, 0) is 49.6 Å². The first kappa shape index (κ1) is 12.2. The number of nitrogens with zero attached hydrogens (tertiary/aromatic N) is 1. The molecule has 0 spiro atoms. The van der Waals surface area contributed by atoms with Gasteiger partial charge in [0.1, 0.15) is 0 Å². The molecule has 100 valence electrons. The van der Waals surface area contributed by atoms with Crippen LogP contribution in [0.2, 0.25) is 0 Å². The van der Waals surface area contributed by atoms with Gasteiger partial charge in [-0.25, -0.2) is 4.79 Å². The highest BCUT2D eigenvalue weighted by Crippen LogP contribution is 2.30. The predicted octanol–water partition coefficient (Wildman–Crippen LogP) is 1.03. The number of aromatic carboxylic acids is 1. The Morgan fingerprint density at radius 2 is 2.21 bits per heavy atom. The van der Waals surface area contributed by atoms with E-state index in [1.54, 1.807) is 23.1 Å². The third kappa shape index (κ3) is 2.10. The van der Waals surface area contributed by atoms with E-state index in [0.29, 0.717) is 6.54 Å². The molecule has 1 amide bonds. The summed E-state index contributed by atoms with van der Waals surface area (Å²) in [6.45, 7) is 1.55. The van der Waals surface area contributed by atoms with Crippen LogP contribution in [-0.2, 0) is 11.2 Å². The molecule has 1 aromatic rings. The van der Waals surface area contributed by atoms with Gasteiger partial charge in [-0.3, -0.25) is 4.79 Å². The Kier molecular flexibility index (Phi) is 2.98. The third-order valence-corrected chi connectivity index (χ3v) is 3.85. The van der Waals surface area contributed by atoms with Crippen LogP contribution in [0.1, 0.15) is 28.8 Å². The van der Waals surface area contributed by atoms with Crippen molar-refractivity contribution in [1.29, 1.82) is 0 Å². The largest absolute Gasteiger partial charge is 0.478 e. The van der Waals surface area contributed by atoms with Crippen molar-refractivity contribution in [3.05, 3.63) is 29.3 Å². The minimum absolute atomic E-state index is 0.0786. The fourth-order valence-electron chi connectivity index (χ4n) is 2.85.